The molecule has 0 aliphatic rings. The summed E-state index contributed by atoms with van der Waals surface area (Å²) in [7, 11) is 1.60. The highest BCUT2D eigenvalue weighted by Crippen LogP contribution is 2.18. The number of nitrogens with one attached hydrogen (secondary N) is 1. The topological polar surface area (TPSA) is 56.8 Å². The van der Waals surface area contributed by atoms with Crippen LogP contribution in [0.1, 0.15) is 10.4 Å². The van der Waals surface area contributed by atoms with Crippen LogP contribution < -0.4 is 19.5 Å². The minimum absolute atomic E-state index is 0.153. The highest BCUT2D eigenvalue weighted by molar-refractivity contribution is 5.94. The molecule has 0 spiro atoms. The lowest BCUT2D eigenvalue weighted by molar-refractivity contribution is 0.0947. The normalized spacial score (nSPS) is 9.88. The molecule has 0 aromatic heterocycles. The summed E-state index contributed by atoms with van der Waals surface area (Å²) in [5.41, 5.74) is 0.572. The number of hydrogen-bond donors (Lipinski definition) is 1. The first-order valence-corrected chi connectivity index (χ1v) is 7.61. The molecule has 1 amide bonds. The predicted molar refractivity (Wildman–Crippen MR) is 93.0 cm³/mol. The lowest BCUT2D eigenvalue weighted by Gasteiger charge is -2.09. The van der Waals surface area contributed by atoms with Gasteiger partial charge in [-0.2, -0.15) is 0 Å². The minimum atomic E-state index is -0.153. The molecule has 0 radical (unpaired) electrons. The van der Waals surface area contributed by atoms with E-state index in [-0.39, 0.29) is 5.91 Å². The van der Waals surface area contributed by atoms with Crippen molar-refractivity contribution in [2.24, 2.45) is 0 Å². The zero-order chi connectivity index (χ0) is 17.2. The van der Waals surface area contributed by atoms with E-state index in [0.29, 0.717) is 36.8 Å². The second-order valence-electron chi connectivity index (χ2n) is 4.91. The molecule has 126 valence electrons. The molecule has 0 saturated carbocycles. The van der Waals surface area contributed by atoms with Crippen LogP contribution in [-0.4, -0.2) is 32.8 Å². The van der Waals surface area contributed by atoms with Gasteiger partial charge in [0.1, 0.15) is 30.5 Å². The Morgan fingerprint density at radius 1 is 1.08 bits per heavy atom. The van der Waals surface area contributed by atoms with Crippen LogP contribution in [0.3, 0.4) is 0 Å². The highest BCUT2D eigenvalue weighted by atomic mass is 16.5. The standard InChI is InChI=1S/C19H21NO4/c1-3-12-23-16-9-7-15(8-10-16)19(21)20-11-13-24-18-6-4-5-17(14-18)22-2/h3-10,14H,1,11-13H2,2H3,(H,20,21). The lowest BCUT2D eigenvalue weighted by Crippen LogP contribution is -2.28. The molecule has 0 aliphatic carbocycles. The van der Waals surface area contributed by atoms with E-state index < -0.39 is 0 Å². The van der Waals surface area contributed by atoms with Gasteiger partial charge in [-0.05, 0) is 36.4 Å². The van der Waals surface area contributed by atoms with E-state index in [0.717, 1.165) is 5.75 Å². The van der Waals surface area contributed by atoms with Crippen LogP contribution in [0.15, 0.2) is 61.2 Å². The molecule has 0 fully saturated rings. The molecule has 0 saturated heterocycles. The Morgan fingerprint density at radius 2 is 1.83 bits per heavy atom. The molecule has 24 heavy (non-hydrogen) atoms. The predicted octanol–water partition coefficient (Wildman–Crippen LogP) is 3.07. The summed E-state index contributed by atoms with van der Waals surface area (Å²) in [6.45, 7) is 4.81. The van der Waals surface area contributed by atoms with Gasteiger partial charge in [0, 0.05) is 11.6 Å². The van der Waals surface area contributed by atoms with E-state index in [1.807, 2.05) is 18.2 Å². The average molecular weight is 327 g/mol. The number of hydrogen-bond acceptors (Lipinski definition) is 4. The average Bonchev–Trinajstić information content (AvgIpc) is 2.64. The fourth-order valence-electron chi connectivity index (χ4n) is 1.98. The van der Waals surface area contributed by atoms with Gasteiger partial charge in [0.05, 0.1) is 13.7 Å². The maximum Gasteiger partial charge on any atom is 0.251 e. The van der Waals surface area contributed by atoms with Crippen LogP contribution in [0.25, 0.3) is 0 Å². The molecule has 1 N–H and O–H groups in total. The Morgan fingerprint density at radius 3 is 2.54 bits per heavy atom. The van der Waals surface area contributed by atoms with Crippen molar-refractivity contribution in [1.82, 2.24) is 5.32 Å². The van der Waals surface area contributed by atoms with Crippen LogP contribution in [0.5, 0.6) is 17.2 Å². The molecule has 5 nitrogen and oxygen atoms in total. The summed E-state index contributed by atoms with van der Waals surface area (Å²) in [4.78, 5) is 12.0. The Balaban J connectivity index is 1.75. The summed E-state index contributed by atoms with van der Waals surface area (Å²) >= 11 is 0. The summed E-state index contributed by atoms with van der Waals surface area (Å²) in [5.74, 6) is 1.98. The molecular weight excluding hydrogens is 306 g/mol. The van der Waals surface area contributed by atoms with Gasteiger partial charge in [-0.15, -0.1) is 0 Å². The van der Waals surface area contributed by atoms with Crippen LogP contribution in [0.4, 0.5) is 0 Å². The maximum absolute atomic E-state index is 12.0. The number of ether oxygens (including phenoxy) is 3. The van der Waals surface area contributed by atoms with Gasteiger partial charge in [0.25, 0.3) is 5.91 Å². The zero-order valence-corrected chi connectivity index (χ0v) is 13.7. The van der Waals surface area contributed by atoms with Crippen LogP contribution >= 0.6 is 0 Å². The Kier molecular flexibility index (Phi) is 6.71. The quantitative estimate of drug-likeness (QED) is 0.568. The number of carbonyl (C=O) groups is 1. The van der Waals surface area contributed by atoms with Gasteiger partial charge in [-0.3, -0.25) is 4.79 Å². The Labute approximate surface area is 141 Å². The van der Waals surface area contributed by atoms with Crippen molar-refractivity contribution in [1.29, 1.82) is 0 Å². The lowest BCUT2D eigenvalue weighted by atomic mass is 10.2. The van der Waals surface area contributed by atoms with E-state index in [1.165, 1.54) is 0 Å². The van der Waals surface area contributed by atoms with Gasteiger partial charge in [0.2, 0.25) is 0 Å². The second-order valence-corrected chi connectivity index (χ2v) is 4.91. The van der Waals surface area contributed by atoms with E-state index in [9.17, 15) is 4.79 Å². The molecule has 0 atom stereocenters. The summed E-state index contributed by atoms with van der Waals surface area (Å²) < 4.78 is 16.1. The van der Waals surface area contributed by atoms with Crippen LogP contribution in [-0.2, 0) is 0 Å². The molecule has 5 heteroatoms. The van der Waals surface area contributed by atoms with Gasteiger partial charge >= 0.3 is 0 Å². The Hall–Kier alpha value is -2.95. The van der Waals surface area contributed by atoms with Crippen LogP contribution in [0.2, 0.25) is 0 Å². The van der Waals surface area contributed by atoms with Crippen molar-refractivity contribution in [3.8, 4) is 17.2 Å². The van der Waals surface area contributed by atoms with Gasteiger partial charge < -0.3 is 19.5 Å². The number of methoxy groups -OCH3 is 1. The van der Waals surface area contributed by atoms with Crippen LogP contribution in [0, 0.1) is 0 Å². The molecule has 0 unspecified atom stereocenters. The number of carbonyl (C=O) groups excluding carboxylic acids is 1. The van der Waals surface area contributed by atoms with Crippen molar-refractivity contribution in [2.75, 3.05) is 26.9 Å². The molecule has 0 heterocycles. The van der Waals surface area contributed by atoms with Gasteiger partial charge in [-0.1, -0.05) is 18.7 Å². The highest BCUT2D eigenvalue weighted by Gasteiger charge is 2.05. The fourth-order valence-corrected chi connectivity index (χ4v) is 1.98. The fraction of sp³-hybridized carbons (Fsp3) is 0.211. The molecule has 0 aliphatic heterocycles. The summed E-state index contributed by atoms with van der Waals surface area (Å²) in [5, 5.41) is 2.81. The molecule has 2 aromatic rings. The van der Waals surface area contributed by atoms with Crippen molar-refractivity contribution in [3.63, 3.8) is 0 Å². The van der Waals surface area contributed by atoms with Crippen molar-refractivity contribution in [2.45, 2.75) is 0 Å². The van der Waals surface area contributed by atoms with E-state index in [4.69, 9.17) is 14.2 Å². The van der Waals surface area contributed by atoms with Gasteiger partial charge in [-0.25, -0.2) is 0 Å². The molecule has 2 aromatic carbocycles. The van der Waals surface area contributed by atoms with Gasteiger partial charge in [0.15, 0.2) is 0 Å². The van der Waals surface area contributed by atoms with Crippen molar-refractivity contribution in [3.05, 3.63) is 66.7 Å². The first kappa shape index (κ1) is 17.4. The number of benzene rings is 2. The van der Waals surface area contributed by atoms with Crippen molar-refractivity contribution >= 4 is 5.91 Å². The minimum Gasteiger partial charge on any atom is -0.497 e. The Bertz CT molecular complexity index is 667. The number of rotatable bonds is 9. The van der Waals surface area contributed by atoms with E-state index in [1.54, 1.807) is 43.5 Å². The molecular formula is C19H21NO4. The first-order chi connectivity index (χ1) is 11.7. The van der Waals surface area contributed by atoms with Crippen molar-refractivity contribution < 1.29 is 19.0 Å². The summed E-state index contributed by atoms with van der Waals surface area (Å²) in [6, 6.07) is 14.3. The number of amides is 1. The van der Waals surface area contributed by atoms with E-state index >= 15 is 0 Å². The second kappa shape index (κ2) is 9.25. The van der Waals surface area contributed by atoms with E-state index in [2.05, 4.69) is 11.9 Å². The molecule has 2 rings (SSSR count). The first-order valence-electron chi connectivity index (χ1n) is 7.61. The molecule has 0 bridgehead atoms. The SMILES string of the molecule is C=CCOc1ccc(C(=O)NCCOc2cccc(OC)c2)cc1. The third-order valence-electron chi connectivity index (χ3n) is 3.18. The monoisotopic (exact) mass is 327 g/mol. The third kappa shape index (κ3) is 5.35. The third-order valence-corrected chi connectivity index (χ3v) is 3.18. The smallest absolute Gasteiger partial charge is 0.251 e. The largest absolute Gasteiger partial charge is 0.497 e. The summed E-state index contributed by atoms with van der Waals surface area (Å²) in [6.07, 6.45) is 1.67. The zero-order valence-electron chi connectivity index (χ0n) is 13.7. The maximum atomic E-state index is 12.0.